The Morgan fingerprint density at radius 2 is 2.26 bits per heavy atom. The molecule has 5 heteroatoms. The molecule has 1 aromatic heterocycles. The molecule has 0 saturated heterocycles. The number of carbonyl (C=O) groups is 1. The van der Waals surface area contributed by atoms with E-state index in [0.717, 1.165) is 30.7 Å². The van der Waals surface area contributed by atoms with Crippen LogP contribution >= 0.6 is 11.3 Å². The lowest BCUT2D eigenvalue weighted by atomic mass is 9.96. The first-order valence-electron chi connectivity index (χ1n) is 9.19. The van der Waals surface area contributed by atoms with Crippen molar-refractivity contribution in [2.24, 2.45) is 17.8 Å². The van der Waals surface area contributed by atoms with Crippen LogP contribution < -0.4 is 5.32 Å². The van der Waals surface area contributed by atoms with Gasteiger partial charge in [0.25, 0.3) is 0 Å². The highest BCUT2D eigenvalue weighted by molar-refractivity contribution is 7.10. The summed E-state index contributed by atoms with van der Waals surface area (Å²) >= 11 is 1.66. The van der Waals surface area contributed by atoms with Crippen LogP contribution in [-0.2, 0) is 4.79 Å². The summed E-state index contributed by atoms with van der Waals surface area (Å²) in [6.45, 7) is 0.994. The molecule has 6 atom stereocenters. The molecule has 3 saturated carbocycles. The van der Waals surface area contributed by atoms with Gasteiger partial charge in [0.1, 0.15) is 6.04 Å². The molecule has 23 heavy (non-hydrogen) atoms. The van der Waals surface area contributed by atoms with Crippen molar-refractivity contribution in [3.63, 3.8) is 0 Å². The summed E-state index contributed by atoms with van der Waals surface area (Å²) in [5.41, 5.74) is 3.14. The predicted octanol–water partition coefficient (Wildman–Crippen LogP) is 2.93. The van der Waals surface area contributed by atoms with Crippen LogP contribution in [0.5, 0.6) is 0 Å². The van der Waals surface area contributed by atoms with E-state index in [-0.39, 0.29) is 6.04 Å². The minimum atomic E-state index is -0.181. The Morgan fingerprint density at radius 3 is 3.00 bits per heavy atom. The van der Waals surface area contributed by atoms with Crippen LogP contribution in [0.3, 0.4) is 0 Å². The monoisotopic (exact) mass is 331 g/mol. The minimum Gasteiger partial charge on any atom is -0.337 e. The average molecular weight is 331 g/mol. The Kier molecular flexibility index (Phi) is 3.31. The Hall–Kier alpha value is -0.940. The van der Waals surface area contributed by atoms with Gasteiger partial charge in [0.15, 0.2) is 0 Å². The SMILES string of the molecule is CNC1C(=O)N(CC2CCC3CC32)C2CCCC2c2ncsc21. The lowest BCUT2D eigenvalue weighted by Gasteiger charge is -2.34. The highest BCUT2D eigenvalue weighted by atomic mass is 32.1. The maximum Gasteiger partial charge on any atom is 0.245 e. The van der Waals surface area contributed by atoms with Crippen molar-refractivity contribution in [3.05, 3.63) is 16.1 Å². The number of likely N-dealkylation sites (N-methyl/N-ethyl adjacent to an activating group) is 1. The summed E-state index contributed by atoms with van der Waals surface area (Å²) in [5.74, 6) is 3.44. The second-order valence-corrected chi connectivity index (χ2v) is 8.80. The molecule has 1 amide bonds. The number of aromatic nitrogens is 1. The molecule has 124 valence electrons. The van der Waals surface area contributed by atoms with Crippen LogP contribution in [0.15, 0.2) is 5.51 Å². The van der Waals surface area contributed by atoms with Gasteiger partial charge in [-0.3, -0.25) is 4.79 Å². The summed E-state index contributed by atoms with van der Waals surface area (Å²) in [5, 5.41) is 3.28. The lowest BCUT2D eigenvalue weighted by molar-refractivity contribution is -0.136. The van der Waals surface area contributed by atoms with Gasteiger partial charge in [0, 0.05) is 18.5 Å². The van der Waals surface area contributed by atoms with Crippen molar-refractivity contribution in [1.29, 1.82) is 0 Å². The Morgan fingerprint density at radius 1 is 1.35 bits per heavy atom. The molecule has 3 aliphatic carbocycles. The fourth-order valence-corrected chi connectivity index (χ4v) is 6.57. The van der Waals surface area contributed by atoms with Crippen molar-refractivity contribution >= 4 is 17.2 Å². The van der Waals surface area contributed by atoms with Crippen LogP contribution in [0, 0.1) is 17.8 Å². The minimum absolute atomic E-state index is 0.181. The molecule has 1 N–H and O–H groups in total. The zero-order chi connectivity index (χ0) is 15.6. The van der Waals surface area contributed by atoms with Gasteiger partial charge >= 0.3 is 0 Å². The Labute approximate surface area is 141 Å². The second-order valence-electron chi connectivity index (χ2n) is 7.92. The quantitative estimate of drug-likeness (QED) is 0.926. The van der Waals surface area contributed by atoms with E-state index in [2.05, 4.69) is 15.2 Å². The van der Waals surface area contributed by atoms with Gasteiger partial charge in [-0.25, -0.2) is 4.98 Å². The van der Waals surface area contributed by atoms with Crippen molar-refractivity contribution < 1.29 is 4.79 Å². The zero-order valence-corrected chi connectivity index (χ0v) is 14.5. The van der Waals surface area contributed by atoms with Gasteiger partial charge in [-0.1, -0.05) is 6.42 Å². The summed E-state index contributed by atoms with van der Waals surface area (Å²) in [6.07, 6.45) is 7.74. The summed E-state index contributed by atoms with van der Waals surface area (Å²) in [4.78, 5) is 21.5. The van der Waals surface area contributed by atoms with Gasteiger partial charge < -0.3 is 10.2 Å². The third-order valence-corrected chi connectivity index (χ3v) is 7.77. The zero-order valence-electron chi connectivity index (χ0n) is 13.7. The number of rotatable bonds is 3. The molecule has 1 aliphatic heterocycles. The number of hydrogen-bond donors (Lipinski definition) is 1. The normalized spacial score (nSPS) is 41.4. The first kappa shape index (κ1) is 14.4. The lowest BCUT2D eigenvalue weighted by Crippen LogP contribution is -2.46. The van der Waals surface area contributed by atoms with E-state index in [4.69, 9.17) is 0 Å². The maximum atomic E-state index is 13.3. The summed E-state index contributed by atoms with van der Waals surface area (Å²) in [7, 11) is 1.91. The van der Waals surface area contributed by atoms with Crippen LogP contribution in [0.2, 0.25) is 0 Å². The van der Waals surface area contributed by atoms with Crippen LogP contribution in [0.4, 0.5) is 0 Å². The van der Waals surface area contributed by atoms with E-state index in [9.17, 15) is 4.79 Å². The molecule has 0 bridgehead atoms. The Bertz CT molecular complexity index is 630. The molecule has 0 spiro atoms. The number of amides is 1. The second kappa shape index (κ2) is 5.28. The van der Waals surface area contributed by atoms with E-state index < -0.39 is 0 Å². The van der Waals surface area contributed by atoms with Crippen molar-refractivity contribution in [2.75, 3.05) is 13.6 Å². The van der Waals surface area contributed by atoms with Gasteiger partial charge in [0.05, 0.1) is 16.1 Å². The number of nitrogens with one attached hydrogen (secondary N) is 1. The topological polar surface area (TPSA) is 45.2 Å². The predicted molar refractivity (Wildman–Crippen MR) is 90.3 cm³/mol. The number of carbonyl (C=O) groups excluding carboxylic acids is 1. The van der Waals surface area contributed by atoms with Crippen LogP contribution in [0.25, 0.3) is 0 Å². The van der Waals surface area contributed by atoms with Gasteiger partial charge in [0.2, 0.25) is 5.91 Å². The highest BCUT2D eigenvalue weighted by Crippen LogP contribution is 2.56. The fourth-order valence-electron chi connectivity index (χ4n) is 5.61. The maximum absolute atomic E-state index is 13.3. The molecule has 6 unspecified atom stereocenters. The molecular weight excluding hydrogens is 306 g/mol. The van der Waals surface area contributed by atoms with Gasteiger partial charge in [-0.05, 0) is 56.9 Å². The summed E-state index contributed by atoms with van der Waals surface area (Å²) < 4.78 is 0. The van der Waals surface area contributed by atoms with Gasteiger partial charge in [-0.2, -0.15) is 0 Å². The van der Waals surface area contributed by atoms with Crippen molar-refractivity contribution in [1.82, 2.24) is 15.2 Å². The first-order chi connectivity index (χ1) is 11.3. The Balaban J connectivity index is 1.49. The van der Waals surface area contributed by atoms with E-state index in [1.165, 1.54) is 42.7 Å². The molecule has 0 aromatic carbocycles. The van der Waals surface area contributed by atoms with E-state index >= 15 is 0 Å². The standard InChI is InChI=1S/C18H25N3OS/c1-19-16-17-15(20-9-23-17)12-3-2-4-14(12)21(18(16)22)8-11-6-5-10-7-13(10)11/h9-14,16,19H,2-8H2,1H3. The fraction of sp³-hybridized carbons (Fsp3) is 0.778. The number of hydrogen-bond acceptors (Lipinski definition) is 4. The average Bonchev–Trinajstić information content (AvgIpc) is 2.95. The smallest absolute Gasteiger partial charge is 0.245 e. The van der Waals surface area contributed by atoms with E-state index in [1.807, 2.05) is 12.6 Å². The third-order valence-electron chi connectivity index (χ3n) is 6.86. The van der Waals surface area contributed by atoms with E-state index in [0.29, 0.717) is 17.9 Å². The molecule has 4 aliphatic rings. The first-order valence-corrected chi connectivity index (χ1v) is 10.1. The molecule has 0 radical (unpaired) electrons. The highest BCUT2D eigenvalue weighted by Gasteiger charge is 2.51. The van der Waals surface area contributed by atoms with Gasteiger partial charge in [-0.15, -0.1) is 11.3 Å². The number of fused-ring (bicyclic) bond motifs is 4. The third kappa shape index (κ3) is 2.12. The number of thiazole rings is 1. The molecule has 2 heterocycles. The van der Waals surface area contributed by atoms with Crippen LogP contribution in [0.1, 0.15) is 61.1 Å². The van der Waals surface area contributed by atoms with Crippen molar-refractivity contribution in [3.8, 4) is 0 Å². The van der Waals surface area contributed by atoms with Crippen molar-refractivity contribution in [2.45, 2.75) is 56.5 Å². The molecule has 3 fully saturated rings. The molecule has 4 nitrogen and oxygen atoms in total. The van der Waals surface area contributed by atoms with E-state index in [1.54, 1.807) is 11.3 Å². The van der Waals surface area contributed by atoms with Crippen LogP contribution in [-0.4, -0.2) is 35.4 Å². The number of nitrogens with zero attached hydrogens (tertiary/aromatic N) is 2. The largest absolute Gasteiger partial charge is 0.337 e. The molecule has 1 aromatic rings. The molecular formula is C18H25N3OS. The molecule has 5 rings (SSSR count). The summed E-state index contributed by atoms with van der Waals surface area (Å²) in [6, 6.07) is 0.207.